The number of aliphatic hydroxyl groups excluding tert-OH is 2. The van der Waals surface area contributed by atoms with Gasteiger partial charge in [0, 0.05) is 6.54 Å². The zero-order valence-electron chi connectivity index (χ0n) is 25.3. The van der Waals surface area contributed by atoms with Gasteiger partial charge in [-0.15, -0.1) is 0 Å². The first kappa shape index (κ1) is 35.9. The first-order chi connectivity index (χ1) is 17.6. The smallest absolute Gasteiger partial charge is 0.106 e. The Labute approximate surface area is 228 Å². The van der Waals surface area contributed by atoms with E-state index < -0.39 is 12.5 Å². The van der Waals surface area contributed by atoms with Crippen molar-refractivity contribution in [3.8, 4) is 0 Å². The molecule has 0 rings (SSSR count). The third-order valence-corrected chi connectivity index (χ3v) is 7.98. The van der Waals surface area contributed by atoms with Crippen molar-refractivity contribution in [3.63, 3.8) is 0 Å². The fraction of sp³-hybridized carbons (Fsp3) is 1.00. The minimum atomic E-state index is -0.561. The van der Waals surface area contributed by atoms with Gasteiger partial charge in [0.15, 0.2) is 0 Å². The Bertz CT molecular complexity index is 391. The summed E-state index contributed by atoms with van der Waals surface area (Å²) in [6.45, 7) is 6.55. The van der Waals surface area contributed by atoms with Crippen LogP contribution >= 0.6 is 0 Å². The standard InChI is InChI=1S/C33H69NO2/c1-4-5-6-7-8-9-10-11-12-13-14-15-16-17-18-19-20-21-22-23-24-25-26-27-28-29-30-31-34(32(2)35)33(3)36/h32-33,35-36H,4-31H2,1-3H3. The fourth-order valence-electron chi connectivity index (χ4n) is 5.47. The quantitative estimate of drug-likeness (QED) is 0.0744. The highest BCUT2D eigenvalue weighted by molar-refractivity contribution is 4.59. The lowest BCUT2D eigenvalue weighted by Gasteiger charge is -2.27. The summed E-state index contributed by atoms with van der Waals surface area (Å²) < 4.78 is 0. The maximum atomic E-state index is 9.65. The molecule has 0 spiro atoms. The number of rotatable bonds is 30. The average molecular weight is 512 g/mol. The van der Waals surface area contributed by atoms with Gasteiger partial charge in [0.1, 0.15) is 12.5 Å². The number of unbranched alkanes of at least 4 members (excludes halogenated alkanes) is 26. The molecule has 3 heteroatoms. The summed E-state index contributed by atoms with van der Waals surface area (Å²) in [5.41, 5.74) is 0. The second-order valence-corrected chi connectivity index (χ2v) is 11.7. The minimum absolute atomic E-state index is 0.561. The molecule has 0 radical (unpaired) electrons. The van der Waals surface area contributed by atoms with Crippen LogP contribution in [0.1, 0.15) is 194 Å². The molecule has 0 aliphatic rings. The van der Waals surface area contributed by atoms with E-state index in [0.717, 1.165) is 13.0 Å². The lowest BCUT2D eigenvalue weighted by molar-refractivity contribution is -0.0844. The molecule has 3 nitrogen and oxygen atoms in total. The van der Waals surface area contributed by atoms with E-state index in [0.29, 0.717) is 0 Å². The van der Waals surface area contributed by atoms with E-state index in [4.69, 9.17) is 0 Å². The number of aliphatic hydroxyl groups is 2. The molecule has 36 heavy (non-hydrogen) atoms. The Hall–Kier alpha value is -0.120. The van der Waals surface area contributed by atoms with E-state index in [1.807, 2.05) is 0 Å². The largest absolute Gasteiger partial charge is 0.379 e. The summed E-state index contributed by atoms with van der Waals surface area (Å²) in [5, 5.41) is 19.3. The van der Waals surface area contributed by atoms with E-state index in [2.05, 4.69) is 6.92 Å². The van der Waals surface area contributed by atoms with Gasteiger partial charge in [0.2, 0.25) is 0 Å². The summed E-state index contributed by atoms with van der Waals surface area (Å²) >= 11 is 0. The van der Waals surface area contributed by atoms with Gasteiger partial charge in [-0.25, -0.2) is 0 Å². The summed E-state index contributed by atoms with van der Waals surface area (Å²) in [6.07, 6.45) is 37.1. The normalized spacial score (nSPS) is 13.5. The van der Waals surface area contributed by atoms with E-state index in [9.17, 15) is 10.2 Å². The molecule has 0 saturated carbocycles. The topological polar surface area (TPSA) is 43.7 Å². The number of hydrogen-bond donors (Lipinski definition) is 2. The van der Waals surface area contributed by atoms with E-state index in [1.54, 1.807) is 18.7 Å². The van der Waals surface area contributed by atoms with Crippen molar-refractivity contribution < 1.29 is 10.2 Å². The predicted octanol–water partition coefficient (Wildman–Crippen LogP) is 10.5. The molecule has 0 aliphatic carbocycles. The third kappa shape index (κ3) is 26.9. The summed E-state index contributed by atoms with van der Waals surface area (Å²) in [5.74, 6) is 0. The van der Waals surface area contributed by atoms with Crippen LogP contribution in [0.4, 0.5) is 0 Å². The van der Waals surface area contributed by atoms with Gasteiger partial charge in [-0.2, -0.15) is 0 Å². The van der Waals surface area contributed by atoms with Crippen molar-refractivity contribution in [1.29, 1.82) is 0 Å². The molecule has 0 saturated heterocycles. The Morgan fingerprint density at radius 2 is 0.556 bits per heavy atom. The van der Waals surface area contributed by atoms with Gasteiger partial charge in [0.25, 0.3) is 0 Å². The first-order valence-corrected chi connectivity index (χ1v) is 16.7. The average Bonchev–Trinajstić information content (AvgIpc) is 2.85. The summed E-state index contributed by atoms with van der Waals surface area (Å²) in [6, 6.07) is 0. The molecular weight excluding hydrogens is 442 g/mol. The molecule has 0 aromatic heterocycles. The Morgan fingerprint density at radius 3 is 0.750 bits per heavy atom. The van der Waals surface area contributed by atoms with Gasteiger partial charge >= 0.3 is 0 Å². The van der Waals surface area contributed by atoms with Crippen LogP contribution in [0.5, 0.6) is 0 Å². The van der Waals surface area contributed by atoms with Crippen molar-refractivity contribution in [2.24, 2.45) is 0 Å². The van der Waals surface area contributed by atoms with E-state index in [1.165, 1.54) is 167 Å². The molecule has 2 atom stereocenters. The van der Waals surface area contributed by atoms with Crippen LogP contribution in [0.25, 0.3) is 0 Å². The second-order valence-electron chi connectivity index (χ2n) is 11.7. The molecule has 2 unspecified atom stereocenters. The first-order valence-electron chi connectivity index (χ1n) is 16.7. The zero-order valence-corrected chi connectivity index (χ0v) is 25.3. The Morgan fingerprint density at radius 1 is 0.361 bits per heavy atom. The van der Waals surface area contributed by atoms with Crippen LogP contribution in [-0.4, -0.2) is 34.1 Å². The van der Waals surface area contributed by atoms with Gasteiger partial charge < -0.3 is 10.2 Å². The molecule has 0 bridgehead atoms. The van der Waals surface area contributed by atoms with E-state index >= 15 is 0 Å². The summed E-state index contributed by atoms with van der Waals surface area (Å²) in [4.78, 5) is 1.75. The highest BCUT2D eigenvalue weighted by Crippen LogP contribution is 2.16. The van der Waals surface area contributed by atoms with Crippen LogP contribution in [0.15, 0.2) is 0 Å². The van der Waals surface area contributed by atoms with Gasteiger partial charge in [-0.05, 0) is 20.3 Å². The van der Waals surface area contributed by atoms with Crippen LogP contribution in [-0.2, 0) is 0 Å². The van der Waals surface area contributed by atoms with Gasteiger partial charge in [-0.3, -0.25) is 4.90 Å². The lowest BCUT2D eigenvalue weighted by Crippen LogP contribution is -2.40. The van der Waals surface area contributed by atoms with Crippen molar-refractivity contribution in [2.45, 2.75) is 207 Å². The maximum absolute atomic E-state index is 9.65. The molecular formula is C33H69NO2. The van der Waals surface area contributed by atoms with Crippen LogP contribution in [0.3, 0.4) is 0 Å². The lowest BCUT2D eigenvalue weighted by atomic mass is 10.0. The van der Waals surface area contributed by atoms with Crippen molar-refractivity contribution >= 4 is 0 Å². The zero-order chi connectivity index (χ0) is 26.5. The maximum Gasteiger partial charge on any atom is 0.106 e. The summed E-state index contributed by atoms with van der Waals surface area (Å²) in [7, 11) is 0. The highest BCUT2D eigenvalue weighted by Gasteiger charge is 2.14. The molecule has 0 amide bonds. The molecule has 0 aromatic rings. The van der Waals surface area contributed by atoms with Crippen molar-refractivity contribution in [1.82, 2.24) is 4.90 Å². The molecule has 0 aliphatic heterocycles. The third-order valence-electron chi connectivity index (χ3n) is 7.98. The SMILES string of the molecule is CCCCCCCCCCCCCCCCCCCCCCCCCCCCCN(C(C)O)C(C)O. The van der Waals surface area contributed by atoms with Gasteiger partial charge in [-0.1, -0.05) is 174 Å². The second kappa shape index (κ2) is 29.4. The Balaban J connectivity index is 3.12. The highest BCUT2D eigenvalue weighted by atomic mass is 16.3. The molecule has 2 N–H and O–H groups in total. The molecule has 218 valence electrons. The van der Waals surface area contributed by atoms with Crippen LogP contribution in [0, 0.1) is 0 Å². The van der Waals surface area contributed by atoms with E-state index in [-0.39, 0.29) is 0 Å². The van der Waals surface area contributed by atoms with Crippen LogP contribution in [0.2, 0.25) is 0 Å². The van der Waals surface area contributed by atoms with Crippen molar-refractivity contribution in [3.05, 3.63) is 0 Å². The number of nitrogens with zero attached hydrogens (tertiary/aromatic N) is 1. The predicted molar refractivity (Wildman–Crippen MR) is 160 cm³/mol. The minimum Gasteiger partial charge on any atom is -0.379 e. The van der Waals surface area contributed by atoms with Crippen LogP contribution < -0.4 is 0 Å². The number of hydrogen-bond acceptors (Lipinski definition) is 3. The van der Waals surface area contributed by atoms with Crippen molar-refractivity contribution in [2.75, 3.05) is 6.54 Å². The molecule has 0 heterocycles. The van der Waals surface area contributed by atoms with Gasteiger partial charge in [0.05, 0.1) is 0 Å². The monoisotopic (exact) mass is 512 g/mol. The molecule has 0 fully saturated rings. The fourth-order valence-corrected chi connectivity index (χ4v) is 5.47. The Kier molecular flexibility index (Phi) is 29.3. The molecule has 0 aromatic carbocycles.